The SMILES string of the molecule is CCOC(=O)c1cnc2ccc(NC3CCNCC3)cc2c1. The molecule has 0 amide bonds. The standard InChI is InChI=1S/C17H21N3O2/c1-2-22-17(21)13-9-12-10-15(3-4-16(12)19-11-13)20-14-5-7-18-8-6-14/h3-4,9-11,14,18,20H,2,5-8H2,1H3. The summed E-state index contributed by atoms with van der Waals surface area (Å²) >= 11 is 0. The summed E-state index contributed by atoms with van der Waals surface area (Å²) in [7, 11) is 0. The molecule has 0 bridgehead atoms. The van der Waals surface area contributed by atoms with E-state index in [-0.39, 0.29) is 5.97 Å². The second-order valence-electron chi connectivity index (χ2n) is 5.52. The lowest BCUT2D eigenvalue weighted by Gasteiger charge is -2.24. The first-order chi connectivity index (χ1) is 10.8. The van der Waals surface area contributed by atoms with Crippen LogP contribution < -0.4 is 10.6 Å². The lowest BCUT2D eigenvalue weighted by Crippen LogP contribution is -2.35. The molecule has 0 aliphatic carbocycles. The monoisotopic (exact) mass is 299 g/mol. The Balaban J connectivity index is 1.82. The quantitative estimate of drug-likeness (QED) is 0.850. The van der Waals surface area contributed by atoms with Crippen molar-refractivity contribution in [1.29, 1.82) is 0 Å². The van der Waals surface area contributed by atoms with E-state index in [4.69, 9.17) is 4.74 Å². The molecular formula is C17H21N3O2. The number of nitrogens with zero attached hydrogens (tertiary/aromatic N) is 1. The molecule has 0 saturated carbocycles. The Morgan fingerprint density at radius 3 is 2.95 bits per heavy atom. The smallest absolute Gasteiger partial charge is 0.339 e. The third-order valence-corrected chi connectivity index (χ3v) is 3.90. The fraction of sp³-hybridized carbons (Fsp3) is 0.412. The number of esters is 1. The van der Waals surface area contributed by atoms with Crippen molar-refractivity contribution in [2.24, 2.45) is 0 Å². The van der Waals surface area contributed by atoms with E-state index in [0.717, 1.165) is 42.5 Å². The van der Waals surface area contributed by atoms with E-state index in [9.17, 15) is 4.79 Å². The van der Waals surface area contributed by atoms with E-state index in [1.807, 2.05) is 24.3 Å². The summed E-state index contributed by atoms with van der Waals surface area (Å²) in [6.07, 6.45) is 3.82. The van der Waals surface area contributed by atoms with E-state index in [2.05, 4.69) is 15.6 Å². The third-order valence-electron chi connectivity index (χ3n) is 3.90. The van der Waals surface area contributed by atoms with Crippen LogP contribution in [0, 0.1) is 0 Å². The van der Waals surface area contributed by atoms with Crippen molar-refractivity contribution in [2.75, 3.05) is 25.0 Å². The molecule has 0 unspecified atom stereocenters. The highest BCUT2D eigenvalue weighted by molar-refractivity contribution is 5.94. The van der Waals surface area contributed by atoms with Crippen LogP contribution in [0.2, 0.25) is 0 Å². The minimum Gasteiger partial charge on any atom is -0.462 e. The zero-order chi connectivity index (χ0) is 15.4. The molecule has 1 fully saturated rings. The first-order valence-electron chi connectivity index (χ1n) is 7.80. The van der Waals surface area contributed by atoms with E-state index >= 15 is 0 Å². The molecule has 22 heavy (non-hydrogen) atoms. The minimum atomic E-state index is -0.325. The summed E-state index contributed by atoms with van der Waals surface area (Å²) in [6, 6.07) is 8.41. The van der Waals surface area contributed by atoms with Gasteiger partial charge < -0.3 is 15.4 Å². The number of benzene rings is 1. The number of hydrogen-bond donors (Lipinski definition) is 2. The van der Waals surface area contributed by atoms with Gasteiger partial charge in [-0.2, -0.15) is 0 Å². The lowest BCUT2D eigenvalue weighted by molar-refractivity contribution is 0.0526. The first-order valence-corrected chi connectivity index (χ1v) is 7.80. The van der Waals surface area contributed by atoms with Crippen LogP contribution in [0.5, 0.6) is 0 Å². The second kappa shape index (κ2) is 6.75. The van der Waals surface area contributed by atoms with Gasteiger partial charge in [-0.1, -0.05) is 0 Å². The molecule has 1 aliphatic heterocycles. The van der Waals surface area contributed by atoms with Gasteiger partial charge in [-0.3, -0.25) is 4.98 Å². The van der Waals surface area contributed by atoms with Crippen LogP contribution in [-0.2, 0) is 4.74 Å². The molecule has 2 N–H and O–H groups in total. The summed E-state index contributed by atoms with van der Waals surface area (Å²) in [5.74, 6) is -0.325. The van der Waals surface area contributed by atoms with Crippen LogP contribution in [0.3, 0.4) is 0 Å². The predicted molar refractivity (Wildman–Crippen MR) is 87.2 cm³/mol. The Kier molecular flexibility index (Phi) is 4.53. The number of aromatic nitrogens is 1. The van der Waals surface area contributed by atoms with Gasteiger partial charge in [0.25, 0.3) is 0 Å². The summed E-state index contributed by atoms with van der Waals surface area (Å²) in [5.41, 5.74) is 2.44. The van der Waals surface area contributed by atoms with E-state index in [1.54, 1.807) is 13.1 Å². The number of rotatable bonds is 4. The Bertz CT molecular complexity index is 666. The predicted octanol–water partition coefficient (Wildman–Crippen LogP) is 2.58. The van der Waals surface area contributed by atoms with Crippen molar-refractivity contribution in [1.82, 2.24) is 10.3 Å². The Morgan fingerprint density at radius 2 is 2.18 bits per heavy atom. The van der Waals surface area contributed by atoms with Gasteiger partial charge in [0.05, 0.1) is 17.7 Å². The number of piperidine rings is 1. The molecule has 1 aliphatic rings. The van der Waals surface area contributed by atoms with E-state index in [1.165, 1.54) is 0 Å². The summed E-state index contributed by atoms with van der Waals surface area (Å²) in [4.78, 5) is 16.1. The van der Waals surface area contributed by atoms with Gasteiger partial charge in [0.1, 0.15) is 0 Å². The first kappa shape index (κ1) is 14.8. The van der Waals surface area contributed by atoms with Gasteiger partial charge in [-0.15, -0.1) is 0 Å². The summed E-state index contributed by atoms with van der Waals surface area (Å²) in [5, 5.41) is 7.87. The second-order valence-corrected chi connectivity index (χ2v) is 5.52. The zero-order valence-electron chi connectivity index (χ0n) is 12.8. The molecule has 0 spiro atoms. The van der Waals surface area contributed by atoms with Gasteiger partial charge >= 0.3 is 5.97 Å². The average Bonchev–Trinajstić information content (AvgIpc) is 2.55. The normalized spacial score (nSPS) is 15.7. The van der Waals surface area contributed by atoms with Crippen molar-refractivity contribution in [3.63, 3.8) is 0 Å². The maximum absolute atomic E-state index is 11.8. The number of carbonyl (C=O) groups is 1. The van der Waals surface area contributed by atoms with Crippen LogP contribution in [0.1, 0.15) is 30.1 Å². The molecule has 2 aromatic rings. The van der Waals surface area contributed by atoms with Gasteiger partial charge in [0.15, 0.2) is 0 Å². The van der Waals surface area contributed by atoms with Crippen molar-refractivity contribution in [3.8, 4) is 0 Å². The molecule has 1 aromatic heterocycles. The molecule has 3 rings (SSSR count). The molecule has 0 radical (unpaired) electrons. The highest BCUT2D eigenvalue weighted by Crippen LogP contribution is 2.21. The molecule has 5 heteroatoms. The van der Waals surface area contributed by atoms with Crippen molar-refractivity contribution in [3.05, 3.63) is 36.0 Å². The maximum atomic E-state index is 11.8. The fourth-order valence-corrected chi connectivity index (χ4v) is 2.75. The third kappa shape index (κ3) is 3.36. The van der Waals surface area contributed by atoms with E-state index in [0.29, 0.717) is 18.2 Å². The highest BCUT2D eigenvalue weighted by Gasteiger charge is 2.13. The van der Waals surface area contributed by atoms with Gasteiger partial charge in [0, 0.05) is 23.3 Å². The number of pyridine rings is 1. The molecule has 116 valence electrons. The minimum absolute atomic E-state index is 0.325. The van der Waals surface area contributed by atoms with Gasteiger partial charge in [-0.25, -0.2) is 4.79 Å². The van der Waals surface area contributed by atoms with Crippen molar-refractivity contribution in [2.45, 2.75) is 25.8 Å². The van der Waals surface area contributed by atoms with Crippen LogP contribution in [0.25, 0.3) is 10.9 Å². The molecule has 2 heterocycles. The number of nitrogens with one attached hydrogen (secondary N) is 2. The Morgan fingerprint density at radius 1 is 1.36 bits per heavy atom. The number of carbonyl (C=O) groups excluding carboxylic acids is 1. The summed E-state index contributed by atoms with van der Waals surface area (Å²) in [6.45, 7) is 4.28. The summed E-state index contributed by atoms with van der Waals surface area (Å²) < 4.78 is 5.03. The van der Waals surface area contributed by atoms with E-state index < -0.39 is 0 Å². The molecule has 5 nitrogen and oxygen atoms in total. The van der Waals surface area contributed by atoms with Crippen LogP contribution >= 0.6 is 0 Å². The Labute approximate surface area is 130 Å². The molecular weight excluding hydrogens is 278 g/mol. The largest absolute Gasteiger partial charge is 0.462 e. The number of anilines is 1. The van der Waals surface area contributed by atoms with Crippen LogP contribution in [-0.4, -0.2) is 36.7 Å². The van der Waals surface area contributed by atoms with Crippen molar-refractivity contribution < 1.29 is 9.53 Å². The van der Waals surface area contributed by atoms with Gasteiger partial charge in [-0.05, 0) is 57.1 Å². The number of fused-ring (bicyclic) bond motifs is 1. The van der Waals surface area contributed by atoms with Crippen molar-refractivity contribution >= 4 is 22.6 Å². The lowest BCUT2D eigenvalue weighted by atomic mass is 10.1. The Hall–Kier alpha value is -2.14. The molecule has 0 atom stereocenters. The average molecular weight is 299 g/mol. The van der Waals surface area contributed by atoms with Crippen LogP contribution in [0.4, 0.5) is 5.69 Å². The topological polar surface area (TPSA) is 63.2 Å². The zero-order valence-corrected chi connectivity index (χ0v) is 12.8. The molecule has 1 saturated heterocycles. The number of ether oxygens (including phenoxy) is 1. The van der Waals surface area contributed by atoms with Crippen LogP contribution in [0.15, 0.2) is 30.5 Å². The molecule has 1 aromatic carbocycles. The van der Waals surface area contributed by atoms with Gasteiger partial charge in [0.2, 0.25) is 0 Å². The highest BCUT2D eigenvalue weighted by atomic mass is 16.5. The maximum Gasteiger partial charge on any atom is 0.339 e. The number of hydrogen-bond acceptors (Lipinski definition) is 5. The fourth-order valence-electron chi connectivity index (χ4n) is 2.75.